The van der Waals surface area contributed by atoms with Gasteiger partial charge in [0.2, 0.25) is 0 Å². The molecule has 0 aliphatic heterocycles. The van der Waals surface area contributed by atoms with Crippen molar-refractivity contribution in [2.24, 2.45) is 4.99 Å². The lowest BCUT2D eigenvalue weighted by molar-refractivity contribution is 0.0487. The first-order valence-electron chi connectivity index (χ1n) is 9.45. The van der Waals surface area contributed by atoms with Crippen molar-refractivity contribution >= 4 is 16.8 Å². The zero-order chi connectivity index (χ0) is 17.8. The quantitative estimate of drug-likeness (QED) is 0.303. The standard InChI is InChI=1S/C18H37N3O2S/c1-5-19-17(21-13-15-24(22)18(2,3)4)20-12-14-23-16-10-8-6-7-9-11-16/h16H,5-15H2,1-4H3,(H2,19,20,21). The molecular formula is C18H37N3O2S. The van der Waals surface area contributed by atoms with E-state index in [4.69, 9.17) is 4.74 Å². The summed E-state index contributed by atoms with van der Waals surface area (Å²) in [4.78, 5) is 4.55. The van der Waals surface area contributed by atoms with Crippen LogP contribution in [0.1, 0.15) is 66.2 Å². The van der Waals surface area contributed by atoms with Gasteiger partial charge in [0, 0.05) is 34.4 Å². The normalized spacial score (nSPS) is 18.9. The maximum absolute atomic E-state index is 12.1. The summed E-state index contributed by atoms with van der Waals surface area (Å²) in [6.07, 6.45) is 8.10. The minimum atomic E-state index is -0.840. The predicted octanol–water partition coefficient (Wildman–Crippen LogP) is 2.83. The van der Waals surface area contributed by atoms with Gasteiger partial charge in [-0.25, -0.2) is 0 Å². The summed E-state index contributed by atoms with van der Waals surface area (Å²) < 4.78 is 17.9. The zero-order valence-electron chi connectivity index (χ0n) is 16.0. The largest absolute Gasteiger partial charge is 0.376 e. The highest BCUT2D eigenvalue weighted by Gasteiger charge is 2.18. The highest BCUT2D eigenvalue weighted by Crippen LogP contribution is 2.19. The van der Waals surface area contributed by atoms with E-state index in [1.165, 1.54) is 38.5 Å². The zero-order valence-corrected chi connectivity index (χ0v) is 16.8. The van der Waals surface area contributed by atoms with Crippen molar-refractivity contribution < 1.29 is 8.95 Å². The van der Waals surface area contributed by atoms with E-state index in [0.717, 1.165) is 12.5 Å². The fraction of sp³-hybridized carbons (Fsp3) is 0.944. The van der Waals surface area contributed by atoms with Crippen LogP contribution in [0.25, 0.3) is 0 Å². The van der Waals surface area contributed by atoms with Crippen LogP contribution in [0.5, 0.6) is 0 Å². The van der Waals surface area contributed by atoms with Gasteiger partial charge in [0.05, 0.1) is 19.3 Å². The molecule has 1 unspecified atom stereocenters. The molecule has 1 aliphatic rings. The van der Waals surface area contributed by atoms with E-state index in [0.29, 0.717) is 31.6 Å². The number of guanidine groups is 1. The minimum Gasteiger partial charge on any atom is -0.376 e. The molecule has 6 heteroatoms. The van der Waals surface area contributed by atoms with Crippen LogP contribution in [0, 0.1) is 0 Å². The summed E-state index contributed by atoms with van der Waals surface area (Å²) in [5, 5.41) is 6.49. The Balaban J connectivity index is 2.27. The number of aliphatic imine (C=N–C) groups is 1. The van der Waals surface area contributed by atoms with E-state index in [1.807, 2.05) is 27.7 Å². The van der Waals surface area contributed by atoms with Gasteiger partial charge >= 0.3 is 0 Å². The summed E-state index contributed by atoms with van der Waals surface area (Å²) in [7, 11) is -0.840. The summed E-state index contributed by atoms with van der Waals surface area (Å²) in [6, 6.07) is 0. The topological polar surface area (TPSA) is 62.7 Å². The number of hydrogen-bond donors (Lipinski definition) is 2. The Morgan fingerprint density at radius 2 is 1.83 bits per heavy atom. The van der Waals surface area contributed by atoms with Gasteiger partial charge in [-0.1, -0.05) is 25.7 Å². The van der Waals surface area contributed by atoms with Crippen LogP contribution in [0.2, 0.25) is 0 Å². The van der Waals surface area contributed by atoms with E-state index >= 15 is 0 Å². The third kappa shape index (κ3) is 9.62. The molecule has 1 aliphatic carbocycles. The minimum absolute atomic E-state index is 0.163. The van der Waals surface area contributed by atoms with Crippen molar-refractivity contribution in [1.29, 1.82) is 0 Å². The molecule has 0 saturated heterocycles. The second-order valence-corrected chi connectivity index (χ2v) is 9.66. The number of nitrogens with one attached hydrogen (secondary N) is 2. The average molecular weight is 360 g/mol. The van der Waals surface area contributed by atoms with Gasteiger partial charge in [0.1, 0.15) is 0 Å². The highest BCUT2D eigenvalue weighted by atomic mass is 32.2. The molecule has 0 bridgehead atoms. The molecule has 1 atom stereocenters. The number of hydrogen-bond acceptors (Lipinski definition) is 3. The molecular weight excluding hydrogens is 322 g/mol. The van der Waals surface area contributed by atoms with Crippen molar-refractivity contribution in [3.05, 3.63) is 0 Å². The smallest absolute Gasteiger partial charge is 0.191 e. The molecule has 2 N–H and O–H groups in total. The third-order valence-corrected chi connectivity index (χ3v) is 6.07. The number of rotatable bonds is 8. The first kappa shape index (κ1) is 21.4. The van der Waals surface area contributed by atoms with Crippen LogP contribution in [0.3, 0.4) is 0 Å². The van der Waals surface area contributed by atoms with Crippen molar-refractivity contribution in [3.8, 4) is 0 Å². The van der Waals surface area contributed by atoms with Gasteiger partial charge in [0.15, 0.2) is 5.96 Å². The summed E-state index contributed by atoms with van der Waals surface area (Å²) >= 11 is 0. The maximum atomic E-state index is 12.1. The molecule has 142 valence electrons. The third-order valence-electron chi connectivity index (χ3n) is 4.12. The molecule has 24 heavy (non-hydrogen) atoms. The van der Waals surface area contributed by atoms with E-state index in [9.17, 15) is 4.21 Å². The van der Waals surface area contributed by atoms with Crippen LogP contribution < -0.4 is 10.6 Å². The molecule has 0 radical (unpaired) electrons. The lowest BCUT2D eigenvalue weighted by Gasteiger charge is -2.18. The van der Waals surface area contributed by atoms with Gasteiger partial charge in [0.25, 0.3) is 0 Å². The van der Waals surface area contributed by atoms with Crippen molar-refractivity contribution in [3.63, 3.8) is 0 Å². The second kappa shape index (κ2) is 11.9. The first-order valence-corrected chi connectivity index (χ1v) is 10.8. The molecule has 1 rings (SSSR count). The molecule has 1 fully saturated rings. The first-order chi connectivity index (χ1) is 11.4. The Bertz CT molecular complexity index is 386. The number of ether oxygens (including phenoxy) is 1. The second-order valence-electron chi connectivity index (χ2n) is 7.33. The molecule has 0 spiro atoms. The van der Waals surface area contributed by atoms with Gasteiger partial charge in [-0.05, 0) is 40.5 Å². The van der Waals surface area contributed by atoms with Crippen LogP contribution in [-0.2, 0) is 15.5 Å². The maximum Gasteiger partial charge on any atom is 0.191 e. The molecule has 5 nitrogen and oxygen atoms in total. The molecule has 0 heterocycles. The fourth-order valence-corrected chi connectivity index (χ4v) is 3.60. The Kier molecular flexibility index (Phi) is 10.6. The summed E-state index contributed by atoms with van der Waals surface area (Å²) in [5.41, 5.74) is 0. The predicted molar refractivity (Wildman–Crippen MR) is 104 cm³/mol. The van der Waals surface area contributed by atoms with Gasteiger partial charge in [-0.3, -0.25) is 9.20 Å². The van der Waals surface area contributed by atoms with Crippen molar-refractivity contribution in [1.82, 2.24) is 10.6 Å². The van der Waals surface area contributed by atoms with Gasteiger partial charge in [-0.2, -0.15) is 0 Å². The SMILES string of the molecule is CCNC(=NCCOC1CCCCCC1)NCCS(=O)C(C)(C)C. The molecule has 0 amide bonds. The average Bonchev–Trinajstić information content (AvgIpc) is 2.79. The Morgan fingerprint density at radius 3 is 2.42 bits per heavy atom. The lowest BCUT2D eigenvalue weighted by atomic mass is 10.1. The van der Waals surface area contributed by atoms with E-state index in [1.54, 1.807) is 0 Å². The lowest BCUT2D eigenvalue weighted by Crippen LogP contribution is -2.40. The molecule has 0 aromatic rings. The molecule has 0 aromatic carbocycles. The Hall–Kier alpha value is -0.620. The van der Waals surface area contributed by atoms with Crippen LogP contribution in [-0.4, -0.2) is 53.0 Å². The van der Waals surface area contributed by atoms with E-state index < -0.39 is 10.8 Å². The van der Waals surface area contributed by atoms with Crippen molar-refractivity contribution in [2.75, 3.05) is 32.0 Å². The highest BCUT2D eigenvalue weighted by molar-refractivity contribution is 7.86. The Labute approximate surface area is 150 Å². The van der Waals surface area contributed by atoms with Crippen LogP contribution in [0.4, 0.5) is 0 Å². The van der Waals surface area contributed by atoms with Crippen molar-refractivity contribution in [2.45, 2.75) is 77.1 Å². The summed E-state index contributed by atoms with van der Waals surface area (Å²) in [5.74, 6) is 1.42. The number of nitrogens with zero attached hydrogens (tertiary/aromatic N) is 1. The molecule has 1 saturated carbocycles. The van der Waals surface area contributed by atoms with Crippen LogP contribution >= 0.6 is 0 Å². The van der Waals surface area contributed by atoms with Gasteiger partial charge in [-0.15, -0.1) is 0 Å². The monoisotopic (exact) mass is 359 g/mol. The van der Waals surface area contributed by atoms with Gasteiger partial charge < -0.3 is 15.4 Å². The summed E-state index contributed by atoms with van der Waals surface area (Å²) in [6.45, 7) is 10.9. The fourth-order valence-electron chi connectivity index (χ4n) is 2.70. The molecule has 0 aromatic heterocycles. The van der Waals surface area contributed by atoms with E-state index in [-0.39, 0.29) is 4.75 Å². The van der Waals surface area contributed by atoms with E-state index in [2.05, 4.69) is 15.6 Å². The Morgan fingerprint density at radius 1 is 1.17 bits per heavy atom. The van der Waals surface area contributed by atoms with Crippen LogP contribution in [0.15, 0.2) is 4.99 Å².